The molecule has 3 nitrogen and oxygen atoms in total. The minimum atomic E-state index is 0.467. The molecule has 2 fully saturated rings. The first kappa shape index (κ1) is 16.4. The molecule has 1 atom stereocenters. The van der Waals surface area contributed by atoms with Crippen molar-refractivity contribution in [2.24, 2.45) is 11.3 Å². The Morgan fingerprint density at radius 3 is 2.86 bits per heavy atom. The van der Waals surface area contributed by atoms with Gasteiger partial charge in [0, 0.05) is 30.6 Å². The van der Waals surface area contributed by atoms with Gasteiger partial charge in [-0.1, -0.05) is 0 Å². The quantitative estimate of drug-likeness (QED) is 0.824. The zero-order valence-corrected chi connectivity index (χ0v) is 14.8. The van der Waals surface area contributed by atoms with Crippen LogP contribution in [0.4, 0.5) is 0 Å². The molecule has 0 radical (unpaired) electrons. The van der Waals surface area contributed by atoms with Crippen LogP contribution in [0.1, 0.15) is 36.6 Å². The van der Waals surface area contributed by atoms with Crippen LogP contribution >= 0.6 is 11.3 Å². The molecule has 2 aliphatic heterocycles. The number of piperidine rings is 1. The van der Waals surface area contributed by atoms with E-state index in [0.717, 1.165) is 33.0 Å². The average Bonchev–Trinajstić information content (AvgIpc) is 2.94. The number of ether oxygens (including phenoxy) is 2. The number of rotatable bonds is 5. The number of hydrogen-bond acceptors (Lipinski definition) is 4. The molecule has 1 spiro atoms. The monoisotopic (exact) mass is 323 g/mol. The van der Waals surface area contributed by atoms with Gasteiger partial charge in [0.1, 0.15) is 0 Å². The Bertz CT molecular complexity index is 465. The van der Waals surface area contributed by atoms with E-state index in [2.05, 4.69) is 30.2 Å². The van der Waals surface area contributed by atoms with Gasteiger partial charge in [0.15, 0.2) is 0 Å². The summed E-state index contributed by atoms with van der Waals surface area (Å²) in [6.45, 7) is 11.4. The van der Waals surface area contributed by atoms with Gasteiger partial charge in [0.25, 0.3) is 0 Å². The van der Waals surface area contributed by atoms with Gasteiger partial charge in [-0.3, -0.25) is 4.90 Å². The van der Waals surface area contributed by atoms with Crippen LogP contribution in [0.25, 0.3) is 0 Å². The third-order valence-electron chi connectivity index (χ3n) is 5.64. The molecule has 0 N–H and O–H groups in total. The van der Waals surface area contributed by atoms with Crippen LogP contribution in [0.5, 0.6) is 0 Å². The topological polar surface area (TPSA) is 21.7 Å². The van der Waals surface area contributed by atoms with Gasteiger partial charge in [-0.2, -0.15) is 0 Å². The van der Waals surface area contributed by atoms with Crippen molar-refractivity contribution >= 4 is 11.3 Å². The van der Waals surface area contributed by atoms with Gasteiger partial charge in [0.2, 0.25) is 0 Å². The van der Waals surface area contributed by atoms with E-state index in [1.165, 1.54) is 42.8 Å². The molecular weight excluding hydrogens is 294 g/mol. The first-order valence-electron chi connectivity index (χ1n) is 8.64. The van der Waals surface area contributed by atoms with Gasteiger partial charge in [-0.25, -0.2) is 0 Å². The van der Waals surface area contributed by atoms with Crippen molar-refractivity contribution in [3.8, 4) is 0 Å². The summed E-state index contributed by atoms with van der Waals surface area (Å²) < 4.78 is 11.5. The molecule has 3 rings (SSSR count). The molecule has 0 saturated carbocycles. The summed E-state index contributed by atoms with van der Waals surface area (Å²) in [5.74, 6) is 0.590. The zero-order chi connectivity index (χ0) is 15.4. The van der Waals surface area contributed by atoms with Crippen molar-refractivity contribution in [2.45, 2.75) is 39.7 Å². The molecule has 22 heavy (non-hydrogen) atoms. The van der Waals surface area contributed by atoms with E-state index < -0.39 is 0 Å². The molecule has 0 amide bonds. The molecule has 1 unspecified atom stereocenters. The lowest BCUT2D eigenvalue weighted by Crippen LogP contribution is -2.49. The minimum Gasteiger partial charge on any atom is -0.381 e. The Kier molecular flexibility index (Phi) is 5.55. The molecule has 3 heterocycles. The maximum Gasteiger partial charge on any atom is 0.0521 e. The van der Waals surface area contributed by atoms with Gasteiger partial charge >= 0.3 is 0 Å². The fourth-order valence-electron chi connectivity index (χ4n) is 3.95. The standard InChI is InChI=1S/C18H29NO2S/c1-3-20-13-16-14-21-10-7-18(16)5-8-19(9-6-18)12-17-15(2)4-11-22-17/h4,11,16H,3,5-10,12-14H2,1-2H3. The number of likely N-dealkylation sites (tertiary alicyclic amines) is 1. The van der Waals surface area contributed by atoms with Gasteiger partial charge < -0.3 is 9.47 Å². The molecule has 124 valence electrons. The Hall–Kier alpha value is -0.420. The second-order valence-corrected chi connectivity index (χ2v) is 7.85. The molecule has 0 bridgehead atoms. The third kappa shape index (κ3) is 3.56. The number of nitrogens with zero attached hydrogens (tertiary/aromatic N) is 1. The first-order valence-corrected chi connectivity index (χ1v) is 9.52. The SMILES string of the molecule is CCOCC1COCCC12CCN(Cc1sccc1C)CC2. The van der Waals surface area contributed by atoms with E-state index >= 15 is 0 Å². The van der Waals surface area contributed by atoms with Gasteiger partial charge in [-0.15, -0.1) is 11.3 Å². The summed E-state index contributed by atoms with van der Waals surface area (Å²) >= 11 is 1.90. The first-order chi connectivity index (χ1) is 10.7. The van der Waals surface area contributed by atoms with Crippen molar-refractivity contribution in [3.63, 3.8) is 0 Å². The predicted molar refractivity (Wildman–Crippen MR) is 91.4 cm³/mol. The second kappa shape index (κ2) is 7.43. The smallest absolute Gasteiger partial charge is 0.0521 e. The molecule has 2 aliphatic rings. The van der Waals surface area contributed by atoms with Crippen LogP contribution in [0, 0.1) is 18.3 Å². The number of hydrogen-bond donors (Lipinski definition) is 0. The average molecular weight is 324 g/mol. The predicted octanol–water partition coefficient (Wildman–Crippen LogP) is 3.71. The molecule has 0 aromatic carbocycles. The fraction of sp³-hybridized carbons (Fsp3) is 0.778. The second-order valence-electron chi connectivity index (χ2n) is 6.85. The summed E-state index contributed by atoms with van der Waals surface area (Å²) in [6, 6.07) is 2.24. The molecule has 1 aromatic rings. The van der Waals surface area contributed by atoms with Crippen molar-refractivity contribution in [1.82, 2.24) is 4.90 Å². The van der Waals surface area contributed by atoms with Crippen LogP contribution in [0.3, 0.4) is 0 Å². The third-order valence-corrected chi connectivity index (χ3v) is 6.65. The summed E-state index contributed by atoms with van der Waals surface area (Å²) in [6.07, 6.45) is 3.83. The van der Waals surface area contributed by atoms with Crippen LogP contribution in [-0.2, 0) is 16.0 Å². The minimum absolute atomic E-state index is 0.467. The van der Waals surface area contributed by atoms with Crippen molar-refractivity contribution in [3.05, 3.63) is 21.9 Å². The number of aryl methyl sites for hydroxylation is 1. The van der Waals surface area contributed by atoms with Crippen LogP contribution in [-0.4, -0.2) is 44.4 Å². The summed E-state index contributed by atoms with van der Waals surface area (Å²) in [5, 5.41) is 2.21. The van der Waals surface area contributed by atoms with E-state index in [1.807, 2.05) is 11.3 Å². The summed E-state index contributed by atoms with van der Waals surface area (Å²) in [4.78, 5) is 4.17. The molecule has 1 aromatic heterocycles. The van der Waals surface area contributed by atoms with E-state index in [1.54, 1.807) is 0 Å². The van der Waals surface area contributed by atoms with Crippen molar-refractivity contribution in [1.29, 1.82) is 0 Å². The lowest BCUT2D eigenvalue weighted by molar-refractivity contribution is -0.0992. The lowest BCUT2D eigenvalue weighted by atomic mass is 9.66. The van der Waals surface area contributed by atoms with E-state index in [-0.39, 0.29) is 0 Å². The largest absolute Gasteiger partial charge is 0.381 e. The highest BCUT2D eigenvalue weighted by atomic mass is 32.1. The van der Waals surface area contributed by atoms with Crippen LogP contribution in [0.15, 0.2) is 11.4 Å². The maximum absolute atomic E-state index is 5.74. The maximum atomic E-state index is 5.74. The number of thiophene rings is 1. The van der Waals surface area contributed by atoms with Crippen LogP contribution < -0.4 is 0 Å². The Balaban J connectivity index is 1.58. The molecule has 0 aliphatic carbocycles. The normalized spacial score (nSPS) is 25.6. The lowest BCUT2D eigenvalue weighted by Gasteiger charge is -2.49. The highest BCUT2D eigenvalue weighted by molar-refractivity contribution is 7.10. The summed E-state index contributed by atoms with van der Waals surface area (Å²) in [7, 11) is 0. The summed E-state index contributed by atoms with van der Waals surface area (Å²) in [5.41, 5.74) is 1.92. The zero-order valence-electron chi connectivity index (χ0n) is 14.0. The van der Waals surface area contributed by atoms with Gasteiger partial charge in [0.05, 0.1) is 13.2 Å². The van der Waals surface area contributed by atoms with E-state index in [0.29, 0.717) is 11.3 Å². The van der Waals surface area contributed by atoms with E-state index in [4.69, 9.17) is 9.47 Å². The highest BCUT2D eigenvalue weighted by Crippen LogP contribution is 2.45. The Labute approximate surface area is 138 Å². The molecular formula is C18H29NO2S. The van der Waals surface area contributed by atoms with Crippen molar-refractivity contribution < 1.29 is 9.47 Å². The van der Waals surface area contributed by atoms with Crippen molar-refractivity contribution in [2.75, 3.05) is 39.5 Å². The Morgan fingerprint density at radius 1 is 1.36 bits per heavy atom. The van der Waals surface area contributed by atoms with Gasteiger partial charge in [-0.05, 0) is 68.6 Å². The molecule has 2 saturated heterocycles. The Morgan fingerprint density at radius 2 is 2.18 bits per heavy atom. The van der Waals surface area contributed by atoms with Crippen LogP contribution in [0.2, 0.25) is 0 Å². The fourth-order valence-corrected chi connectivity index (χ4v) is 4.90. The highest BCUT2D eigenvalue weighted by Gasteiger charge is 2.43. The molecule has 4 heteroatoms. The van der Waals surface area contributed by atoms with E-state index in [9.17, 15) is 0 Å².